The second-order valence-electron chi connectivity index (χ2n) is 4.78. The number of benzene rings is 1. The van der Waals surface area contributed by atoms with E-state index in [1.165, 1.54) is 0 Å². The Bertz CT molecular complexity index is 665. The third-order valence-corrected chi connectivity index (χ3v) is 3.25. The topological polar surface area (TPSA) is 34.9 Å². The van der Waals surface area contributed by atoms with Crippen LogP contribution in [0.3, 0.4) is 0 Å². The summed E-state index contributed by atoms with van der Waals surface area (Å²) in [4.78, 5) is 12.3. The van der Waals surface area contributed by atoms with Crippen LogP contribution in [-0.2, 0) is 13.5 Å². The molecule has 0 radical (unpaired) electrons. The van der Waals surface area contributed by atoms with Crippen LogP contribution < -0.4 is 0 Å². The lowest BCUT2D eigenvalue weighted by atomic mass is 10.1. The molecule has 1 aliphatic rings. The summed E-state index contributed by atoms with van der Waals surface area (Å²) in [7, 11) is 1.87. The molecule has 0 N–H and O–H groups in total. The Morgan fingerprint density at radius 1 is 1.39 bits per heavy atom. The molecule has 0 atom stereocenters. The third-order valence-electron chi connectivity index (χ3n) is 3.25. The lowest BCUT2D eigenvalue weighted by Gasteiger charge is -1.96. The molecule has 0 saturated carbocycles. The first-order valence-corrected chi connectivity index (χ1v) is 5.97. The van der Waals surface area contributed by atoms with Gasteiger partial charge in [0.2, 0.25) is 0 Å². The van der Waals surface area contributed by atoms with Gasteiger partial charge in [-0.15, -0.1) is 0 Å². The van der Waals surface area contributed by atoms with Crippen molar-refractivity contribution >= 4 is 11.9 Å². The van der Waals surface area contributed by atoms with Crippen LogP contribution in [-0.4, -0.2) is 15.6 Å². The third kappa shape index (κ3) is 1.78. The molecule has 18 heavy (non-hydrogen) atoms. The normalized spacial score (nSPS) is 16.3. The van der Waals surface area contributed by atoms with Crippen molar-refractivity contribution in [2.45, 2.75) is 13.3 Å². The second kappa shape index (κ2) is 3.95. The van der Waals surface area contributed by atoms with Crippen LogP contribution in [0.25, 0.3) is 6.08 Å². The fraction of sp³-hybridized carbons (Fsp3) is 0.200. The molecule has 0 spiro atoms. The molecule has 3 heteroatoms. The smallest absolute Gasteiger partial charge is 0.189 e. The van der Waals surface area contributed by atoms with E-state index in [0.29, 0.717) is 0 Å². The minimum atomic E-state index is 0.151. The summed E-state index contributed by atoms with van der Waals surface area (Å²) < 4.78 is 1.74. The van der Waals surface area contributed by atoms with Crippen molar-refractivity contribution in [1.82, 2.24) is 9.78 Å². The molecule has 3 rings (SSSR count). The van der Waals surface area contributed by atoms with Crippen LogP contribution in [0.2, 0.25) is 0 Å². The first-order valence-electron chi connectivity index (χ1n) is 5.97. The Hall–Kier alpha value is -2.16. The predicted octanol–water partition coefficient (Wildman–Crippen LogP) is 2.55. The van der Waals surface area contributed by atoms with Crippen LogP contribution >= 0.6 is 0 Å². The molecule has 2 aromatic rings. The van der Waals surface area contributed by atoms with Crippen LogP contribution in [0.1, 0.15) is 27.0 Å². The Morgan fingerprint density at radius 2 is 2.22 bits per heavy atom. The van der Waals surface area contributed by atoms with Crippen molar-refractivity contribution in [3.8, 4) is 0 Å². The molecule has 90 valence electrons. The SMILES string of the molecule is Cc1ccc2c(c1)C(=O)/C(=C/c1cnn(C)c1)C2. The summed E-state index contributed by atoms with van der Waals surface area (Å²) in [5.74, 6) is 0.151. The number of fused-ring (bicyclic) bond motifs is 1. The van der Waals surface area contributed by atoms with Gasteiger partial charge >= 0.3 is 0 Å². The molecule has 0 saturated heterocycles. The van der Waals surface area contributed by atoms with E-state index in [-0.39, 0.29) is 5.78 Å². The number of hydrogen-bond acceptors (Lipinski definition) is 2. The van der Waals surface area contributed by atoms with E-state index >= 15 is 0 Å². The molecular formula is C15H14N2O. The number of aromatic nitrogens is 2. The van der Waals surface area contributed by atoms with Crippen molar-refractivity contribution in [3.05, 3.63) is 58.4 Å². The van der Waals surface area contributed by atoms with Gasteiger partial charge in [-0.25, -0.2) is 0 Å². The van der Waals surface area contributed by atoms with Gasteiger partial charge in [0.1, 0.15) is 0 Å². The van der Waals surface area contributed by atoms with Crippen molar-refractivity contribution < 1.29 is 4.79 Å². The van der Waals surface area contributed by atoms with E-state index in [1.807, 2.05) is 38.4 Å². The van der Waals surface area contributed by atoms with E-state index in [1.54, 1.807) is 10.9 Å². The highest BCUT2D eigenvalue weighted by Gasteiger charge is 2.24. The summed E-state index contributed by atoms with van der Waals surface area (Å²) >= 11 is 0. The minimum Gasteiger partial charge on any atom is -0.289 e. The Labute approximate surface area is 106 Å². The van der Waals surface area contributed by atoms with E-state index in [0.717, 1.165) is 34.2 Å². The van der Waals surface area contributed by atoms with Gasteiger partial charge in [-0.3, -0.25) is 9.48 Å². The Kier molecular flexibility index (Phi) is 2.40. The average molecular weight is 238 g/mol. The maximum atomic E-state index is 12.3. The minimum absolute atomic E-state index is 0.151. The van der Waals surface area contributed by atoms with Crippen LogP contribution in [0.5, 0.6) is 0 Å². The molecule has 0 aliphatic heterocycles. The van der Waals surface area contributed by atoms with E-state index in [2.05, 4.69) is 11.2 Å². The molecule has 1 aromatic carbocycles. The van der Waals surface area contributed by atoms with Gasteiger partial charge in [0, 0.05) is 36.4 Å². The van der Waals surface area contributed by atoms with Crippen LogP contribution in [0.4, 0.5) is 0 Å². The maximum absolute atomic E-state index is 12.3. The first-order chi connectivity index (χ1) is 8.63. The van der Waals surface area contributed by atoms with E-state index in [4.69, 9.17) is 0 Å². The largest absolute Gasteiger partial charge is 0.289 e. The molecule has 0 fully saturated rings. The molecule has 0 unspecified atom stereocenters. The average Bonchev–Trinajstić information content (AvgIpc) is 2.86. The van der Waals surface area contributed by atoms with Crippen LogP contribution in [0, 0.1) is 6.92 Å². The number of Topliss-reactive ketones (excluding diaryl/α,β-unsaturated/α-hetero) is 1. The van der Waals surface area contributed by atoms with Crippen molar-refractivity contribution in [1.29, 1.82) is 0 Å². The van der Waals surface area contributed by atoms with Gasteiger partial charge in [-0.2, -0.15) is 5.10 Å². The fourth-order valence-corrected chi connectivity index (χ4v) is 2.35. The first kappa shape index (κ1) is 11.0. The maximum Gasteiger partial charge on any atom is 0.189 e. The number of hydrogen-bond donors (Lipinski definition) is 0. The molecule has 1 aliphatic carbocycles. The van der Waals surface area contributed by atoms with Gasteiger partial charge in [0.15, 0.2) is 5.78 Å². The standard InChI is InChI=1S/C15H14N2O/c1-10-3-4-12-7-13(15(18)14(12)5-10)6-11-8-16-17(2)9-11/h3-6,8-9H,7H2,1-2H3/b13-6+. The molecule has 3 nitrogen and oxygen atoms in total. The van der Waals surface area contributed by atoms with Gasteiger partial charge < -0.3 is 0 Å². The second-order valence-corrected chi connectivity index (χ2v) is 4.78. The van der Waals surface area contributed by atoms with Gasteiger partial charge in [-0.1, -0.05) is 17.7 Å². The number of aryl methyl sites for hydroxylation is 2. The Morgan fingerprint density at radius 3 is 2.94 bits per heavy atom. The number of allylic oxidation sites excluding steroid dienone is 1. The zero-order valence-electron chi connectivity index (χ0n) is 10.5. The molecular weight excluding hydrogens is 224 g/mol. The van der Waals surface area contributed by atoms with Crippen molar-refractivity contribution in [3.63, 3.8) is 0 Å². The van der Waals surface area contributed by atoms with E-state index in [9.17, 15) is 4.79 Å². The lowest BCUT2D eigenvalue weighted by molar-refractivity contribution is 0.104. The number of nitrogens with zero attached hydrogens (tertiary/aromatic N) is 2. The lowest BCUT2D eigenvalue weighted by Crippen LogP contribution is -1.95. The molecule has 0 amide bonds. The summed E-state index contributed by atoms with van der Waals surface area (Å²) in [6.45, 7) is 2.01. The highest BCUT2D eigenvalue weighted by molar-refractivity contribution is 6.15. The van der Waals surface area contributed by atoms with Gasteiger partial charge in [0.05, 0.1) is 6.20 Å². The van der Waals surface area contributed by atoms with Gasteiger partial charge in [-0.05, 0) is 24.6 Å². The molecule has 1 aromatic heterocycles. The number of carbonyl (C=O) groups excluding carboxylic acids is 1. The zero-order valence-corrected chi connectivity index (χ0v) is 10.5. The quantitative estimate of drug-likeness (QED) is 0.716. The van der Waals surface area contributed by atoms with Gasteiger partial charge in [0.25, 0.3) is 0 Å². The summed E-state index contributed by atoms with van der Waals surface area (Å²) in [5, 5.41) is 4.11. The van der Waals surface area contributed by atoms with Crippen LogP contribution in [0.15, 0.2) is 36.2 Å². The summed E-state index contributed by atoms with van der Waals surface area (Å²) in [6, 6.07) is 6.08. The van der Waals surface area contributed by atoms with E-state index < -0.39 is 0 Å². The predicted molar refractivity (Wildman–Crippen MR) is 70.4 cm³/mol. The van der Waals surface area contributed by atoms with Crippen molar-refractivity contribution in [2.75, 3.05) is 0 Å². The molecule has 0 bridgehead atoms. The highest BCUT2D eigenvalue weighted by atomic mass is 16.1. The monoisotopic (exact) mass is 238 g/mol. The Balaban J connectivity index is 1.99. The number of carbonyl (C=O) groups is 1. The van der Waals surface area contributed by atoms with Crippen molar-refractivity contribution in [2.24, 2.45) is 7.05 Å². The summed E-state index contributed by atoms with van der Waals surface area (Å²) in [5.41, 5.74) is 4.93. The molecule has 1 heterocycles. The number of rotatable bonds is 1. The highest BCUT2D eigenvalue weighted by Crippen LogP contribution is 2.28. The zero-order chi connectivity index (χ0) is 12.7. The summed E-state index contributed by atoms with van der Waals surface area (Å²) in [6.07, 6.45) is 6.34. The number of ketones is 1. The fourth-order valence-electron chi connectivity index (χ4n) is 2.35.